The lowest BCUT2D eigenvalue weighted by molar-refractivity contribution is -0.145. The van der Waals surface area contributed by atoms with E-state index in [1.165, 1.54) is 0 Å². The molecule has 0 radical (unpaired) electrons. The van der Waals surface area contributed by atoms with E-state index in [-0.39, 0.29) is 5.97 Å². The SMILES string of the molecule is CCCCOC(=O)C(N)Cc1cc(I)c(OC)c(I)c1. The van der Waals surface area contributed by atoms with Gasteiger partial charge < -0.3 is 15.2 Å². The Bertz CT molecular complexity index is 443. The van der Waals surface area contributed by atoms with Crippen molar-refractivity contribution in [2.24, 2.45) is 5.73 Å². The summed E-state index contributed by atoms with van der Waals surface area (Å²) in [5.74, 6) is 0.522. The Balaban J connectivity index is 2.66. The van der Waals surface area contributed by atoms with E-state index in [9.17, 15) is 4.79 Å². The second-order valence-corrected chi connectivity index (χ2v) is 6.75. The Labute approximate surface area is 147 Å². The van der Waals surface area contributed by atoms with Gasteiger partial charge in [0, 0.05) is 0 Å². The molecule has 0 fully saturated rings. The predicted octanol–water partition coefficient (Wildman–Crippen LogP) is 3.12. The maximum atomic E-state index is 11.7. The molecule has 1 aromatic carbocycles. The van der Waals surface area contributed by atoms with Crippen LogP contribution in [-0.2, 0) is 16.0 Å². The molecule has 0 aliphatic heterocycles. The Morgan fingerprint density at radius 2 is 1.95 bits per heavy atom. The number of nitrogens with two attached hydrogens (primary N) is 1. The molecule has 4 nitrogen and oxygen atoms in total. The van der Waals surface area contributed by atoms with Crippen molar-refractivity contribution < 1.29 is 14.3 Å². The molecular weight excluding hydrogens is 484 g/mol. The summed E-state index contributed by atoms with van der Waals surface area (Å²) < 4.78 is 12.5. The molecule has 6 heteroatoms. The van der Waals surface area contributed by atoms with Gasteiger partial charge in [0.05, 0.1) is 20.9 Å². The van der Waals surface area contributed by atoms with Gasteiger partial charge in [0.25, 0.3) is 0 Å². The van der Waals surface area contributed by atoms with Gasteiger partial charge in [0.15, 0.2) is 0 Å². The highest BCUT2D eigenvalue weighted by atomic mass is 127. The molecule has 0 heterocycles. The van der Waals surface area contributed by atoms with Gasteiger partial charge in [-0.1, -0.05) is 13.3 Å². The van der Waals surface area contributed by atoms with Gasteiger partial charge in [-0.3, -0.25) is 4.79 Å². The smallest absolute Gasteiger partial charge is 0.323 e. The van der Waals surface area contributed by atoms with Crippen LogP contribution in [-0.4, -0.2) is 25.7 Å². The largest absolute Gasteiger partial charge is 0.495 e. The van der Waals surface area contributed by atoms with Crippen LogP contribution in [0.5, 0.6) is 5.75 Å². The number of methoxy groups -OCH3 is 1. The third kappa shape index (κ3) is 5.36. The molecule has 0 bridgehead atoms. The van der Waals surface area contributed by atoms with Crippen LogP contribution in [0, 0.1) is 7.14 Å². The molecule has 0 saturated carbocycles. The summed E-state index contributed by atoms with van der Waals surface area (Å²) in [6.45, 7) is 2.50. The molecule has 112 valence electrons. The summed E-state index contributed by atoms with van der Waals surface area (Å²) >= 11 is 4.43. The van der Waals surface area contributed by atoms with Crippen molar-refractivity contribution in [1.82, 2.24) is 0 Å². The molecule has 0 aromatic heterocycles. The lowest BCUT2D eigenvalue weighted by Gasteiger charge is -2.13. The molecular formula is C14H19I2NO3. The monoisotopic (exact) mass is 503 g/mol. The average Bonchev–Trinajstić information content (AvgIpc) is 2.38. The third-order valence-corrected chi connectivity index (χ3v) is 4.37. The summed E-state index contributed by atoms with van der Waals surface area (Å²) in [6.07, 6.45) is 2.34. The van der Waals surface area contributed by atoms with Crippen LogP contribution in [0.15, 0.2) is 12.1 Å². The summed E-state index contributed by atoms with van der Waals surface area (Å²) in [5, 5.41) is 0. The lowest BCUT2D eigenvalue weighted by atomic mass is 10.1. The van der Waals surface area contributed by atoms with E-state index in [1.54, 1.807) is 7.11 Å². The first-order valence-corrected chi connectivity index (χ1v) is 8.59. The maximum Gasteiger partial charge on any atom is 0.323 e. The van der Waals surface area contributed by atoms with E-state index in [0.717, 1.165) is 31.3 Å². The number of hydrogen-bond acceptors (Lipinski definition) is 4. The molecule has 1 aromatic rings. The van der Waals surface area contributed by atoms with Crippen LogP contribution in [0.4, 0.5) is 0 Å². The maximum absolute atomic E-state index is 11.7. The summed E-state index contributed by atoms with van der Waals surface area (Å²) in [5.41, 5.74) is 6.90. The highest BCUT2D eigenvalue weighted by Crippen LogP contribution is 2.28. The lowest BCUT2D eigenvalue weighted by Crippen LogP contribution is -2.34. The molecule has 0 aliphatic carbocycles. The number of carbonyl (C=O) groups is 1. The van der Waals surface area contributed by atoms with Gasteiger partial charge in [-0.25, -0.2) is 0 Å². The average molecular weight is 503 g/mol. The van der Waals surface area contributed by atoms with Gasteiger partial charge in [-0.05, 0) is 75.7 Å². The highest BCUT2D eigenvalue weighted by molar-refractivity contribution is 14.1. The van der Waals surface area contributed by atoms with Crippen LogP contribution >= 0.6 is 45.2 Å². The first-order chi connectivity index (χ1) is 9.49. The summed E-state index contributed by atoms with van der Waals surface area (Å²) in [7, 11) is 1.65. The van der Waals surface area contributed by atoms with Gasteiger partial charge in [-0.15, -0.1) is 0 Å². The standard InChI is InChI=1S/C14H19I2NO3/c1-3-4-5-20-14(18)12(17)8-9-6-10(15)13(19-2)11(16)7-9/h6-7,12H,3-5,8,17H2,1-2H3. The van der Waals surface area contributed by atoms with Crippen LogP contribution in [0.1, 0.15) is 25.3 Å². The fourth-order valence-electron chi connectivity index (χ4n) is 1.69. The fourth-order valence-corrected chi connectivity index (χ4v) is 4.02. The topological polar surface area (TPSA) is 61.5 Å². The summed E-state index contributed by atoms with van der Waals surface area (Å²) in [6, 6.07) is 3.36. The van der Waals surface area contributed by atoms with Crippen molar-refractivity contribution in [3.05, 3.63) is 24.8 Å². The van der Waals surface area contributed by atoms with E-state index in [4.69, 9.17) is 15.2 Å². The van der Waals surface area contributed by atoms with E-state index in [1.807, 2.05) is 12.1 Å². The Morgan fingerprint density at radius 1 is 1.35 bits per heavy atom. The van der Waals surface area contributed by atoms with E-state index in [0.29, 0.717) is 13.0 Å². The van der Waals surface area contributed by atoms with Crippen LogP contribution in [0.2, 0.25) is 0 Å². The normalized spacial score (nSPS) is 12.1. The number of benzene rings is 1. The number of unbranched alkanes of at least 4 members (excludes halogenated alkanes) is 1. The van der Waals surface area contributed by atoms with Crippen molar-refractivity contribution >= 4 is 51.2 Å². The van der Waals surface area contributed by atoms with E-state index >= 15 is 0 Å². The fraction of sp³-hybridized carbons (Fsp3) is 0.500. The Hall–Kier alpha value is -0.0900. The first-order valence-electron chi connectivity index (χ1n) is 6.43. The molecule has 20 heavy (non-hydrogen) atoms. The molecule has 0 aliphatic rings. The number of halogens is 2. The van der Waals surface area contributed by atoms with Gasteiger partial charge in [0.1, 0.15) is 11.8 Å². The first kappa shape index (κ1) is 18.0. The second-order valence-electron chi connectivity index (χ2n) is 4.42. The molecule has 0 amide bonds. The minimum atomic E-state index is -0.619. The van der Waals surface area contributed by atoms with Crippen LogP contribution < -0.4 is 10.5 Å². The van der Waals surface area contributed by atoms with Crippen molar-refractivity contribution in [2.75, 3.05) is 13.7 Å². The van der Waals surface area contributed by atoms with E-state index < -0.39 is 6.04 Å². The molecule has 0 saturated heterocycles. The molecule has 0 spiro atoms. The number of rotatable bonds is 7. The quantitative estimate of drug-likeness (QED) is 0.353. The Kier molecular flexibility index (Phi) is 8.11. The van der Waals surface area contributed by atoms with Crippen LogP contribution in [0.25, 0.3) is 0 Å². The second kappa shape index (κ2) is 9.04. The number of ether oxygens (including phenoxy) is 2. The predicted molar refractivity (Wildman–Crippen MR) is 96.0 cm³/mol. The zero-order valence-corrected chi connectivity index (χ0v) is 15.9. The molecule has 1 rings (SSSR count). The Morgan fingerprint density at radius 3 is 2.45 bits per heavy atom. The highest BCUT2D eigenvalue weighted by Gasteiger charge is 2.17. The van der Waals surface area contributed by atoms with Gasteiger partial charge >= 0.3 is 5.97 Å². The zero-order chi connectivity index (χ0) is 15.1. The van der Waals surface area contributed by atoms with Gasteiger partial charge in [0.2, 0.25) is 0 Å². The molecule has 1 atom stereocenters. The third-order valence-electron chi connectivity index (χ3n) is 2.76. The summed E-state index contributed by atoms with van der Waals surface area (Å²) in [4.78, 5) is 11.7. The minimum absolute atomic E-state index is 0.334. The molecule has 1 unspecified atom stereocenters. The molecule has 2 N–H and O–H groups in total. The van der Waals surface area contributed by atoms with Crippen LogP contribution in [0.3, 0.4) is 0 Å². The van der Waals surface area contributed by atoms with Crippen molar-refractivity contribution in [1.29, 1.82) is 0 Å². The minimum Gasteiger partial charge on any atom is -0.495 e. The zero-order valence-electron chi connectivity index (χ0n) is 11.6. The van der Waals surface area contributed by atoms with Crippen molar-refractivity contribution in [3.63, 3.8) is 0 Å². The number of esters is 1. The van der Waals surface area contributed by atoms with Crippen molar-refractivity contribution in [3.8, 4) is 5.75 Å². The van der Waals surface area contributed by atoms with E-state index in [2.05, 4.69) is 52.1 Å². The van der Waals surface area contributed by atoms with Gasteiger partial charge in [-0.2, -0.15) is 0 Å². The number of hydrogen-bond donors (Lipinski definition) is 1. The number of carbonyl (C=O) groups excluding carboxylic acids is 1. The van der Waals surface area contributed by atoms with Crippen molar-refractivity contribution in [2.45, 2.75) is 32.2 Å².